The molecule has 0 bridgehead atoms. The summed E-state index contributed by atoms with van der Waals surface area (Å²) >= 11 is 0. The fraction of sp³-hybridized carbons (Fsp3) is 0.267. The molecule has 2 rings (SSSR count). The Morgan fingerprint density at radius 2 is 1.95 bits per heavy atom. The lowest BCUT2D eigenvalue weighted by molar-refractivity contribution is -0.138. The van der Waals surface area contributed by atoms with Crippen LogP contribution in [0.25, 0.3) is 10.9 Å². The summed E-state index contributed by atoms with van der Waals surface area (Å²) in [5, 5.41) is 21.6. The normalized spacial score (nSPS) is 12.1. The van der Waals surface area contributed by atoms with Crippen LogP contribution in [0.5, 0.6) is 5.75 Å². The third kappa shape index (κ3) is 2.52. The van der Waals surface area contributed by atoms with Gasteiger partial charge in [0.2, 0.25) is 0 Å². The minimum atomic E-state index is -1.23. The van der Waals surface area contributed by atoms with Gasteiger partial charge in [-0.05, 0) is 26.0 Å². The lowest BCUT2D eigenvalue weighted by atomic mass is 10.1. The average molecular weight is 304 g/mol. The number of aryl methyl sites for hydroxylation is 2. The zero-order chi connectivity index (χ0) is 16.6. The summed E-state index contributed by atoms with van der Waals surface area (Å²) < 4.78 is 1.24. The Balaban J connectivity index is 2.66. The summed E-state index contributed by atoms with van der Waals surface area (Å²) in [6.07, 6.45) is 0. The molecule has 1 atom stereocenters. The number of benzene rings is 1. The maximum atomic E-state index is 12.3. The summed E-state index contributed by atoms with van der Waals surface area (Å²) in [6.45, 7) is 3.09. The van der Waals surface area contributed by atoms with Gasteiger partial charge >= 0.3 is 5.97 Å². The fourth-order valence-corrected chi connectivity index (χ4v) is 2.18. The van der Waals surface area contributed by atoms with Crippen LogP contribution in [0.3, 0.4) is 0 Å². The van der Waals surface area contributed by atoms with Gasteiger partial charge in [0.15, 0.2) is 0 Å². The molecule has 7 heteroatoms. The predicted octanol–water partition coefficient (Wildman–Crippen LogP) is 0.755. The molecule has 0 radical (unpaired) electrons. The van der Waals surface area contributed by atoms with Gasteiger partial charge in [-0.1, -0.05) is 11.6 Å². The number of fused-ring (bicyclic) bond motifs is 1. The number of aliphatic carboxylic acids is 1. The third-order valence-corrected chi connectivity index (χ3v) is 3.47. The van der Waals surface area contributed by atoms with Crippen molar-refractivity contribution in [3.8, 4) is 5.75 Å². The highest BCUT2D eigenvalue weighted by Gasteiger charge is 2.24. The molecule has 0 fully saturated rings. The molecule has 1 amide bonds. The number of nitrogens with zero attached hydrogens (tertiary/aromatic N) is 1. The summed E-state index contributed by atoms with van der Waals surface area (Å²) in [7, 11) is 1.48. The molecule has 0 aliphatic carbocycles. The van der Waals surface area contributed by atoms with Crippen molar-refractivity contribution < 1.29 is 19.8 Å². The van der Waals surface area contributed by atoms with Gasteiger partial charge in [0.1, 0.15) is 17.4 Å². The Morgan fingerprint density at radius 1 is 1.32 bits per heavy atom. The number of carboxylic acids is 1. The molecular weight excluding hydrogens is 288 g/mol. The van der Waals surface area contributed by atoms with E-state index in [1.165, 1.54) is 18.5 Å². The van der Waals surface area contributed by atoms with E-state index in [0.29, 0.717) is 10.9 Å². The van der Waals surface area contributed by atoms with Crippen molar-refractivity contribution in [3.05, 3.63) is 39.7 Å². The quantitative estimate of drug-likeness (QED) is 0.775. The van der Waals surface area contributed by atoms with Crippen LogP contribution in [-0.2, 0) is 11.8 Å². The van der Waals surface area contributed by atoms with Crippen molar-refractivity contribution in [2.45, 2.75) is 19.9 Å². The number of aromatic nitrogens is 1. The minimum absolute atomic E-state index is 0.357. The highest BCUT2D eigenvalue weighted by molar-refractivity contribution is 6.03. The molecule has 0 unspecified atom stereocenters. The van der Waals surface area contributed by atoms with E-state index in [2.05, 4.69) is 5.32 Å². The van der Waals surface area contributed by atoms with Gasteiger partial charge in [-0.3, -0.25) is 14.4 Å². The second-order valence-electron chi connectivity index (χ2n) is 5.14. The smallest absolute Gasteiger partial charge is 0.325 e. The Bertz CT molecular complexity index is 838. The van der Waals surface area contributed by atoms with E-state index in [9.17, 15) is 19.5 Å². The Labute approximate surface area is 125 Å². The van der Waals surface area contributed by atoms with E-state index >= 15 is 0 Å². The molecule has 1 heterocycles. The molecule has 2 aromatic rings. The fourth-order valence-electron chi connectivity index (χ4n) is 2.18. The van der Waals surface area contributed by atoms with Crippen LogP contribution in [0.4, 0.5) is 0 Å². The van der Waals surface area contributed by atoms with Gasteiger partial charge in [0.25, 0.3) is 11.5 Å². The number of carboxylic acid groups (broad SMARTS) is 1. The van der Waals surface area contributed by atoms with E-state index in [4.69, 9.17) is 5.11 Å². The molecule has 7 nitrogen and oxygen atoms in total. The molecule has 0 aliphatic heterocycles. The number of pyridine rings is 1. The van der Waals surface area contributed by atoms with Crippen molar-refractivity contribution in [2.24, 2.45) is 7.05 Å². The largest absolute Gasteiger partial charge is 0.506 e. The Morgan fingerprint density at radius 3 is 2.55 bits per heavy atom. The van der Waals surface area contributed by atoms with Crippen LogP contribution in [0, 0.1) is 6.92 Å². The van der Waals surface area contributed by atoms with Crippen molar-refractivity contribution >= 4 is 22.8 Å². The lowest BCUT2D eigenvalue weighted by Gasteiger charge is -2.14. The van der Waals surface area contributed by atoms with Crippen LogP contribution in [-0.4, -0.2) is 32.7 Å². The second kappa shape index (κ2) is 5.51. The first kappa shape index (κ1) is 15.6. The summed E-state index contributed by atoms with van der Waals surface area (Å²) in [5.41, 5.74) is 0.181. The number of hydrogen-bond donors (Lipinski definition) is 3. The molecule has 0 saturated heterocycles. The molecular formula is C15H16N2O5. The number of nitrogens with one attached hydrogen (secondary N) is 1. The van der Waals surface area contributed by atoms with Crippen LogP contribution >= 0.6 is 0 Å². The molecule has 3 N–H and O–H groups in total. The maximum absolute atomic E-state index is 12.3. The molecule has 0 aliphatic rings. The van der Waals surface area contributed by atoms with E-state index in [1.807, 2.05) is 6.92 Å². The first-order chi connectivity index (χ1) is 10.2. The summed E-state index contributed by atoms with van der Waals surface area (Å²) in [6, 6.07) is 3.94. The molecule has 116 valence electrons. The van der Waals surface area contributed by atoms with Crippen LogP contribution < -0.4 is 10.9 Å². The number of aromatic hydroxyl groups is 1. The highest BCUT2D eigenvalue weighted by atomic mass is 16.4. The van der Waals surface area contributed by atoms with Gasteiger partial charge < -0.3 is 20.1 Å². The van der Waals surface area contributed by atoms with Crippen LogP contribution in [0.2, 0.25) is 0 Å². The number of rotatable bonds is 3. The topological polar surface area (TPSA) is 109 Å². The Kier molecular flexibility index (Phi) is 3.90. The second-order valence-corrected chi connectivity index (χ2v) is 5.14. The van der Waals surface area contributed by atoms with Crippen molar-refractivity contribution in [2.75, 3.05) is 0 Å². The Hall–Kier alpha value is -2.83. The van der Waals surface area contributed by atoms with E-state index < -0.39 is 34.8 Å². The van der Waals surface area contributed by atoms with Gasteiger partial charge in [-0.25, -0.2) is 0 Å². The number of carbonyl (C=O) groups is 2. The van der Waals surface area contributed by atoms with Gasteiger partial charge in [0.05, 0.1) is 5.52 Å². The summed E-state index contributed by atoms with van der Waals surface area (Å²) in [5.74, 6) is -2.60. The van der Waals surface area contributed by atoms with E-state index in [0.717, 1.165) is 5.56 Å². The van der Waals surface area contributed by atoms with Crippen LogP contribution in [0.1, 0.15) is 22.8 Å². The molecule has 22 heavy (non-hydrogen) atoms. The maximum Gasteiger partial charge on any atom is 0.325 e. The zero-order valence-electron chi connectivity index (χ0n) is 12.4. The zero-order valence-corrected chi connectivity index (χ0v) is 12.4. The van der Waals surface area contributed by atoms with Gasteiger partial charge in [0, 0.05) is 12.4 Å². The molecule has 0 saturated carbocycles. The first-order valence-electron chi connectivity index (χ1n) is 6.60. The minimum Gasteiger partial charge on any atom is -0.506 e. The standard InChI is InChI=1S/C15H16N2O5/c1-7-4-5-10-9(6-7)12(18)11(14(20)17(10)3)13(19)16-8(2)15(21)22/h4-6,8,18H,1-3H3,(H,16,19)(H,21,22)/t8-/m0/s1. The molecule has 1 aromatic carbocycles. The first-order valence-corrected chi connectivity index (χ1v) is 6.60. The van der Waals surface area contributed by atoms with Crippen molar-refractivity contribution in [3.63, 3.8) is 0 Å². The van der Waals surface area contributed by atoms with Gasteiger partial charge in [-0.2, -0.15) is 0 Å². The SMILES string of the molecule is Cc1ccc2c(c1)c(O)c(C(=O)N[C@@H](C)C(=O)O)c(=O)n2C. The molecule has 1 aromatic heterocycles. The van der Waals surface area contributed by atoms with Crippen molar-refractivity contribution in [1.82, 2.24) is 9.88 Å². The van der Waals surface area contributed by atoms with Crippen LogP contribution in [0.15, 0.2) is 23.0 Å². The molecule has 0 spiro atoms. The highest BCUT2D eigenvalue weighted by Crippen LogP contribution is 2.26. The third-order valence-electron chi connectivity index (χ3n) is 3.47. The van der Waals surface area contributed by atoms with Gasteiger partial charge in [-0.15, -0.1) is 0 Å². The number of amides is 1. The van der Waals surface area contributed by atoms with E-state index in [-0.39, 0.29) is 0 Å². The van der Waals surface area contributed by atoms with Crippen molar-refractivity contribution in [1.29, 1.82) is 0 Å². The van der Waals surface area contributed by atoms with E-state index in [1.54, 1.807) is 18.2 Å². The predicted molar refractivity (Wildman–Crippen MR) is 80.2 cm³/mol. The number of hydrogen-bond acceptors (Lipinski definition) is 4. The number of carbonyl (C=O) groups excluding carboxylic acids is 1. The average Bonchev–Trinajstić information content (AvgIpc) is 2.44. The monoisotopic (exact) mass is 304 g/mol. The summed E-state index contributed by atoms with van der Waals surface area (Å²) in [4.78, 5) is 35.2. The lowest BCUT2D eigenvalue weighted by Crippen LogP contribution is -2.41.